The third-order valence-corrected chi connectivity index (χ3v) is 5.05. The minimum Gasteiger partial charge on any atom is -0.496 e. The SMILES string of the molecule is CCNC(=NCc1nc(-c2ccccc2)cs1)NCCc1ccccc1OC.I. The number of methoxy groups -OCH3 is 1. The number of para-hydroxylation sites is 1. The van der Waals surface area contributed by atoms with E-state index in [1.54, 1.807) is 18.4 Å². The van der Waals surface area contributed by atoms with Crippen molar-refractivity contribution in [1.82, 2.24) is 15.6 Å². The molecule has 1 heterocycles. The zero-order valence-electron chi connectivity index (χ0n) is 16.7. The summed E-state index contributed by atoms with van der Waals surface area (Å²) in [7, 11) is 1.70. The highest BCUT2D eigenvalue weighted by atomic mass is 127. The van der Waals surface area contributed by atoms with Gasteiger partial charge in [0.05, 0.1) is 19.3 Å². The first-order chi connectivity index (χ1) is 13.8. The van der Waals surface area contributed by atoms with E-state index in [-0.39, 0.29) is 24.0 Å². The van der Waals surface area contributed by atoms with Gasteiger partial charge in [-0.05, 0) is 25.0 Å². The number of rotatable bonds is 8. The number of nitrogens with zero attached hydrogens (tertiary/aromatic N) is 2. The number of hydrogen-bond donors (Lipinski definition) is 2. The van der Waals surface area contributed by atoms with Crippen LogP contribution in [0.1, 0.15) is 17.5 Å². The fraction of sp³-hybridized carbons (Fsp3) is 0.273. The van der Waals surface area contributed by atoms with E-state index in [2.05, 4.69) is 46.1 Å². The van der Waals surface area contributed by atoms with Crippen molar-refractivity contribution in [3.63, 3.8) is 0 Å². The standard InChI is InChI=1S/C22H26N4OS.HI/c1-3-23-22(24-14-13-18-11-7-8-12-20(18)27-2)25-15-21-26-19(16-28-21)17-9-5-4-6-10-17;/h4-12,16H,3,13-15H2,1-2H3,(H2,23,24,25);1H. The van der Waals surface area contributed by atoms with Crippen LogP contribution in [0.15, 0.2) is 65.0 Å². The molecule has 2 N–H and O–H groups in total. The van der Waals surface area contributed by atoms with E-state index in [9.17, 15) is 0 Å². The number of nitrogens with one attached hydrogen (secondary N) is 2. The van der Waals surface area contributed by atoms with Gasteiger partial charge in [0, 0.05) is 24.0 Å². The predicted molar refractivity (Wildman–Crippen MR) is 132 cm³/mol. The Morgan fingerprint density at radius 3 is 2.59 bits per heavy atom. The van der Waals surface area contributed by atoms with E-state index >= 15 is 0 Å². The first kappa shape index (κ1) is 23.2. The summed E-state index contributed by atoms with van der Waals surface area (Å²) in [5.74, 6) is 1.72. The topological polar surface area (TPSA) is 58.5 Å². The molecule has 0 bridgehead atoms. The van der Waals surface area contributed by atoms with E-state index in [1.807, 2.05) is 36.4 Å². The van der Waals surface area contributed by atoms with Crippen LogP contribution in [0.4, 0.5) is 0 Å². The van der Waals surface area contributed by atoms with Gasteiger partial charge in [0.2, 0.25) is 0 Å². The van der Waals surface area contributed by atoms with E-state index in [0.717, 1.165) is 47.5 Å². The molecule has 0 fully saturated rings. The summed E-state index contributed by atoms with van der Waals surface area (Å²) in [6.07, 6.45) is 0.865. The lowest BCUT2D eigenvalue weighted by Gasteiger charge is -2.12. The van der Waals surface area contributed by atoms with Gasteiger partial charge in [-0.25, -0.2) is 9.98 Å². The summed E-state index contributed by atoms with van der Waals surface area (Å²) in [5, 5.41) is 9.77. The van der Waals surface area contributed by atoms with Gasteiger partial charge in [0.25, 0.3) is 0 Å². The van der Waals surface area contributed by atoms with Crippen LogP contribution in [0, 0.1) is 0 Å². The van der Waals surface area contributed by atoms with E-state index in [1.165, 1.54) is 5.56 Å². The molecule has 0 unspecified atom stereocenters. The molecule has 5 nitrogen and oxygen atoms in total. The van der Waals surface area contributed by atoms with Crippen LogP contribution in [-0.2, 0) is 13.0 Å². The van der Waals surface area contributed by atoms with E-state index in [0.29, 0.717) is 6.54 Å². The number of benzene rings is 2. The first-order valence-electron chi connectivity index (χ1n) is 9.44. The second kappa shape index (κ2) is 12.4. The van der Waals surface area contributed by atoms with Crippen molar-refractivity contribution in [1.29, 1.82) is 0 Å². The van der Waals surface area contributed by atoms with Gasteiger partial charge in [-0.1, -0.05) is 48.5 Å². The monoisotopic (exact) mass is 522 g/mol. The number of aromatic nitrogens is 1. The van der Waals surface area contributed by atoms with Crippen LogP contribution in [0.2, 0.25) is 0 Å². The summed E-state index contributed by atoms with van der Waals surface area (Å²) < 4.78 is 5.41. The maximum absolute atomic E-state index is 5.41. The highest BCUT2D eigenvalue weighted by molar-refractivity contribution is 14.0. The fourth-order valence-corrected chi connectivity index (χ4v) is 3.57. The fourth-order valence-electron chi connectivity index (χ4n) is 2.84. The van der Waals surface area contributed by atoms with Crippen LogP contribution in [0.3, 0.4) is 0 Å². The third-order valence-electron chi connectivity index (χ3n) is 4.22. The Hall–Kier alpha value is -2.13. The average molecular weight is 522 g/mol. The van der Waals surface area contributed by atoms with Gasteiger partial charge in [-0.2, -0.15) is 0 Å². The number of thiazole rings is 1. The van der Waals surface area contributed by atoms with Crippen molar-refractivity contribution < 1.29 is 4.74 Å². The van der Waals surface area contributed by atoms with Crippen molar-refractivity contribution in [2.45, 2.75) is 19.9 Å². The quantitative estimate of drug-likeness (QED) is 0.255. The van der Waals surface area contributed by atoms with Crippen molar-refractivity contribution in [2.24, 2.45) is 4.99 Å². The molecule has 0 saturated heterocycles. The van der Waals surface area contributed by atoms with Gasteiger partial charge in [-0.15, -0.1) is 35.3 Å². The van der Waals surface area contributed by atoms with Gasteiger partial charge in [-0.3, -0.25) is 0 Å². The summed E-state index contributed by atoms with van der Waals surface area (Å²) in [4.78, 5) is 9.38. The molecule has 0 spiro atoms. The van der Waals surface area contributed by atoms with Gasteiger partial charge >= 0.3 is 0 Å². The van der Waals surface area contributed by atoms with Crippen LogP contribution >= 0.6 is 35.3 Å². The molecule has 29 heavy (non-hydrogen) atoms. The molecule has 0 atom stereocenters. The number of aliphatic imine (C=N–C) groups is 1. The molecule has 0 aliphatic carbocycles. The van der Waals surface area contributed by atoms with Gasteiger partial charge < -0.3 is 15.4 Å². The highest BCUT2D eigenvalue weighted by Gasteiger charge is 2.05. The highest BCUT2D eigenvalue weighted by Crippen LogP contribution is 2.22. The lowest BCUT2D eigenvalue weighted by atomic mass is 10.1. The van der Waals surface area contributed by atoms with Crippen LogP contribution in [-0.4, -0.2) is 31.1 Å². The minimum absolute atomic E-state index is 0. The van der Waals surface area contributed by atoms with Crippen molar-refractivity contribution in [3.05, 3.63) is 70.5 Å². The van der Waals surface area contributed by atoms with E-state index in [4.69, 9.17) is 9.72 Å². The Labute approximate surface area is 193 Å². The Kier molecular flexibility index (Phi) is 9.93. The molecule has 2 aromatic carbocycles. The zero-order chi connectivity index (χ0) is 19.6. The van der Waals surface area contributed by atoms with Crippen LogP contribution in [0.25, 0.3) is 11.3 Å². The molecule has 3 aromatic rings. The Balaban J connectivity index is 0.00000300. The molecule has 0 amide bonds. The normalized spacial score (nSPS) is 10.9. The van der Waals surface area contributed by atoms with Gasteiger partial charge in [0.1, 0.15) is 10.8 Å². The third kappa shape index (κ3) is 7.01. The maximum Gasteiger partial charge on any atom is 0.191 e. The van der Waals surface area contributed by atoms with E-state index < -0.39 is 0 Å². The second-order valence-electron chi connectivity index (χ2n) is 6.18. The Morgan fingerprint density at radius 1 is 1.07 bits per heavy atom. The molecule has 0 radical (unpaired) electrons. The summed E-state index contributed by atoms with van der Waals surface area (Å²) in [5.41, 5.74) is 3.32. The molecule has 1 aromatic heterocycles. The van der Waals surface area contributed by atoms with Crippen molar-refractivity contribution in [3.8, 4) is 17.0 Å². The molecule has 0 aliphatic heterocycles. The second-order valence-corrected chi connectivity index (χ2v) is 7.12. The summed E-state index contributed by atoms with van der Waals surface area (Å²) in [6, 6.07) is 18.3. The van der Waals surface area contributed by atoms with Gasteiger partial charge in [0.15, 0.2) is 5.96 Å². The summed E-state index contributed by atoms with van der Waals surface area (Å²) >= 11 is 1.64. The predicted octanol–water partition coefficient (Wildman–Crippen LogP) is 4.73. The Morgan fingerprint density at radius 2 is 1.83 bits per heavy atom. The maximum atomic E-state index is 5.41. The largest absolute Gasteiger partial charge is 0.496 e. The van der Waals surface area contributed by atoms with Crippen LogP contribution < -0.4 is 15.4 Å². The number of halogens is 1. The minimum atomic E-state index is 0. The number of hydrogen-bond acceptors (Lipinski definition) is 4. The molecule has 0 aliphatic rings. The average Bonchev–Trinajstić information content (AvgIpc) is 3.22. The number of guanidine groups is 1. The lowest BCUT2D eigenvalue weighted by molar-refractivity contribution is 0.409. The van der Waals surface area contributed by atoms with Crippen molar-refractivity contribution >= 4 is 41.3 Å². The summed E-state index contributed by atoms with van der Waals surface area (Å²) in [6.45, 7) is 4.21. The molecule has 0 saturated carbocycles. The smallest absolute Gasteiger partial charge is 0.191 e. The lowest BCUT2D eigenvalue weighted by Crippen LogP contribution is -2.38. The molecule has 3 rings (SSSR count). The zero-order valence-corrected chi connectivity index (χ0v) is 19.9. The molecular weight excluding hydrogens is 495 g/mol. The molecular formula is C22H27IN4OS. The number of ether oxygens (including phenoxy) is 1. The molecule has 7 heteroatoms. The first-order valence-corrected chi connectivity index (χ1v) is 10.3. The molecule has 154 valence electrons. The van der Waals surface area contributed by atoms with Crippen molar-refractivity contribution in [2.75, 3.05) is 20.2 Å². The Bertz CT molecular complexity index is 899. The van der Waals surface area contributed by atoms with Crippen LogP contribution in [0.5, 0.6) is 5.75 Å².